The Balaban J connectivity index is 2.68. The average molecular weight is 235 g/mol. The highest BCUT2D eigenvalue weighted by Crippen LogP contribution is 2.33. The molecule has 4 heteroatoms. The second-order valence-corrected chi connectivity index (χ2v) is 4.56. The Morgan fingerprint density at radius 2 is 2.06 bits per heavy atom. The Labute approximate surface area is 97.7 Å². The molecule has 0 aliphatic rings. The molecule has 0 saturated carbocycles. The minimum atomic E-state index is -0.0444. The van der Waals surface area contributed by atoms with Crippen molar-refractivity contribution in [2.75, 3.05) is 7.11 Å². The number of aryl methyl sites for hydroxylation is 2. The third-order valence-corrected chi connectivity index (χ3v) is 3.12. The molecular formula is C12H13NO2S. The molecule has 84 valence electrons. The lowest BCUT2D eigenvalue weighted by Crippen LogP contribution is -1.96. The van der Waals surface area contributed by atoms with E-state index >= 15 is 0 Å². The normalized spacial score (nSPS) is 10.4. The molecule has 0 amide bonds. The third-order valence-electron chi connectivity index (χ3n) is 2.45. The van der Waals surface area contributed by atoms with Gasteiger partial charge in [-0.25, -0.2) is 0 Å². The summed E-state index contributed by atoms with van der Waals surface area (Å²) in [4.78, 5) is 13.9. The number of ether oxygens (including phenoxy) is 1. The van der Waals surface area contributed by atoms with Gasteiger partial charge in [0.25, 0.3) is 0 Å². The van der Waals surface area contributed by atoms with Crippen LogP contribution in [0.1, 0.15) is 11.1 Å². The van der Waals surface area contributed by atoms with Gasteiger partial charge in [0.2, 0.25) is 0 Å². The molecule has 0 bridgehead atoms. The van der Waals surface area contributed by atoms with Crippen LogP contribution in [-0.2, 0) is 0 Å². The van der Waals surface area contributed by atoms with Crippen molar-refractivity contribution in [3.8, 4) is 17.0 Å². The Bertz CT molecular complexity index is 569. The molecule has 1 N–H and O–H groups in total. The lowest BCUT2D eigenvalue weighted by molar-refractivity contribution is 0.415. The summed E-state index contributed by atoms with van der Waals surface area (Å²) < 4.78 is 5.35. The second kappa shape index (κ2) is 4.14. The first kappa shape index (κ1) is 11.0. The number of hydrogen-bond acceptors (Lipinski definition) is 3. The molecule has 0 atom stereocenters. The van der Waals surface area contributed by atoms with Crippen molar-refractivity contribution in [3.05, 3.63) is 38.3 Å². The predicted octanol–water partition coefficient (Wildman–Crippen LogP) is 2.73. The van der Waals surface area contributed by atoms with Gasteiger partial charge in [-0.2, -0.15) is 0 Å². The third kappa shape index (κ3) is 1.88. The smallest absolute Gasteiger partial charge is 0.304 e. The highest BCUT2D eigenvalue weighted by molar-refractivity contribution is 7.07. The molecule has 0 aliphatic carbocycles. The first-order valence-electron chi connectivity index (χ1n) is 4.95. The van der Waals surface area contributed by atoms with Gasteiger partial charge in [-0.1, -0.05) is 17.4 Å². The lowest BCUT2D eigenvalue weighted by Gasteiger charge is -2.11. The molecule has 1 heterocycles. The van der Waals surface area contributed by atoms with E-state index < -0.39 is 0 Å². The van der Waals surface area contributed by atoms with Crippen LogP contribution in [0.3, 0.4) is 0 Å². The highest BCUT2D eigenvalue weighted by Gasteiger charge is 2.11. The number of aromatic nitrogens is 1. The maximum atomic E-state index is 11.2. The van der Waals surface area contributed by atoms with Crippen molar-refractivity contribution in [1.82, 2.24) is 4.98 Å². The van der Waals surface area contributed by atoms with Gasteiger partial charge in [0.15, 0.2) is 0 Å². The van der Waals surface area contributed by atoms with Crippen molar-refractivity contribution < 1.29 is 4.74 Å². The molecule has 2 rings (SSSR count). The first-order chi connectivity index (χ1) is 7.61. The number of hydrogen-bond donors (Lipinski definition) is 1. The molecule has 0 fully saturated rings. The van der Waals surface area contributed by atoms with Crippen LogP contribution in [0.25, 0.3) is 11.3 Å². The number of nitrogens with one attached hydrogen (secondary N) is 1. The molecule has 0 unspecified atom stereocenters. The fourth-order valence-corrected chi connectivity index (χ4v) is 2.41. The van der Waals surface area contributed by atoms with Crippen molar-refractivity contribution in [1.29, 1.82) is 0 Å². The lowest BCUT2D eigenvalue weighted by atomic mass is 10.0. The van der Waals surface area contributed by atoms with Gasteiger partial charge in [0, 0.05) is 10.9 Å². The zero-order valence-corrected chi connectivity index (χ0v) is 10.3. The van der Waals surface area contributed by atoms with Gasteiger partial charge in [0.05, 0.1) is 12.8 Å². The number of rotatable bonds is 2. The number of methoxy groups -OCH3 is 1. The molecule has 0 saturated heterocycles. The zero-order valence-electron chi connectivity index (χ0n) is 9.46. The standard InChI is InChI=1S/C12H13NO2S/c1-7-4-8(2)11(10(5-7)15-3)9-6-16-12(14)13-9/h4-6H,1-3H3,(H,13,14). The van der Waals surface area contributed by atoms with Crippen molar-refractivity contribution >= 4 is 11.3 Å². The first-order valence-corrected chi connectivity index (χ1v) is 5.83. The van der Waals surface area contributed by atoms with Gasteiger partial charge in [-0.3, -0.25) is 4.79 Å². The molecule has 1 aromatic carbocycles. The molecule has 0 spiro atoms. The minimum absolute atomic E-state index is 0.0444. The van der Waals surface area contributed by atoms with Crippen LogP contribution in [0.5, 0.6) is 5.75 Å². The van der Waals surface area contributed by atoms with E-state index in [4.69, 9.17) is 4.74 Å². The Kier molecular flexibility index (Phi) is 2.83. The summed E-state index contributed by atoms with van der Waals surface area (Å²) in [6.07, 6.45) is 0. The molecule has 1 aromatic heterocycles. The largest absolute Gasteiger partial charge is 0.496 e. The van der Waals surface area contributed by atoms with Crippen LogP contribution >= 0.6 is 11.3 Å². The summed E-state index contributed by atoms with van der Waals surface area (Å²) in [5.74, 6) is 0.798. The summed E-state index contributed by atoms with van der Waals surface area (Å²) in [7, 11) is 1.64. The predicted molar refractivity (Wildman–Crippen MR) is 66.4 cm³/mol. The molecule has 0 radical (unpaired) electrons. The van der Waals surface area contributed by atoms with E-state index in [2.05, 4.69) is 11.1 Å². The number of aromatic amines is 1. The van der Waals surface area contributed by atoms with Crippen LogP contribution in [0.15, 0.2) is 22.3 Å². The number of benzene rings is 1. The number of H-pyrrole nitrogens is 1. The van der Waals surface area contributed by atoms with Crippen LogP contribution in [-0.4, -0.2) is 12.1 Å². The van der Waals surface area contributed by atoms with E-state index in [1.54, 1.807) is 7.11 Å². The maximum Gasteiger partial charge on any atom is 0.304 e. The van der Waals surface area contributed by atoms with E-state index in [0.717, 1.165) is 39.5 Å². The fourth-order valence-electron chi connectivity index (χ4n) is 1.84. The summed E-state index contributed by atoms with van der Waals surface area (Å²) in [6.45, 7) is 4.04. The monoisotopic (exact) mass is 235 g/mol. The van der Waals surface area contributed by atoms with Gasteiger partial charge in [-0.05, 0) is 31.0 Å². The average Bonchev–Trinajstić information content (AvgIpc) is 2.63. The second-order valence-electron chi connectivity index (χ2n) is 3.72. The Morgan fingerprint density at radius 1 is 1.31 bits per heavy atom. The topological polar surface area (TPSA) is 42.1 Å². The number of thiazole rings is 1. The van der Waals surface area contributed by atoms with Gasteiger partial charge in [0.1, 0.15) is 5.75 Å². The van der Waals surface area contributed by atoms with Crippen molar-refractivity contribution in [2.24, 2.45) is 0 Å². The van der Waals surface area contributed by atoms with Crippen molar-refractivity contribution in [3.63, 3.8) is 0 Å². The summed E-state index contributed by atoms with van der Waals surface area (Å²) in [5.41, 5.74) is 4.04. The van der Waals surface area contributed by atoms with E-state index in [1.807, 2.05) is 25.3 Å². The van der Waals surface area contributed by atoms with E-state index in [1.165, 1.54) is 0 Å². The van der Waals surface area contributed by atoms with Crippen molar-refractivity contribution in [2.45, 2.75) is 13.8 Å². The summed E-state index contributed by atoms with van der Waals surface area (Å²) >= 11 is 1.16. The van der Waals surface area contributed by atoms with Gasteiger partial charge >= 0.3 is 4.87 Å². The van der Waals surface area contributed by atoms with Crippen LogP contribution in [0.4, 0.5) is 0 Å². The van der Waals surface area contributed by atoms with Crippen LogP contribution in [0.2, 0.25) is 0 Å². The molecule has 16 heavy (non-hydrogen) atoms. The minimum Gasteiger partial charge on any atom is -0.496 e. The quantitative estimate of drug-likeness (QED) is 0.869. The SMILES string of the molecule is COc1cc(C)cc(C)c1-c1csc(=O)[nH]1. The van der Waals surface area contributed by atoms with E-state index in [-0.39, 0.29) is 4.87 Å². The Hall–Kier alpha value is -1.55. The summed E-state index contributed by atoms with van der Waals surface area (Å²) in [5, 5.41) is 1.82. The van der Waals surface area contributed by atoms with E-state index in [9.17, 15) is 4.79 Å². The Morgan fingerprint density at radius 3 is 2.62 bits per heavy atom. The van der Waals surface area contributed by atoms with Gasteiger partial charge in [-0.15, -0.1) is 0 Å². The molecule has 2 aromatic rings. The molecular weight excluding hydrogens is 222 g/mol. The van der Waals surface area contributed by atoms with Gasteiger partial charge < -0.3 is 9.72 Å². The fraction of sp³-hybridized carbons (Fsp3) is 0.250. The summed E-state index contributed by atoms with van der Waals surface area (Å²) in [6, 6.07) is 4.05. The van der Waals surface area contributed by atoms with Crippen LogP contribution < -0.4 is 9.61 Å². The highest BCUT2D eigenvalue weighted by atomic mass is 32.1. The zero-order chi connectivity index (χ0) is 11.7. The maximum absolute atomic E-state index is 11.2. The van der Waals surface area contributed by atoms with Crippen LogP contribution in [0, 0.1) is 13.8 Å². The van der Waals surface area contributed by atoms with E-state index in [0.29, 0.717) is 0 Å². The molecule has 3 nitrogen and oxygen atoms in total. The molecule has 0 aliphatic heterocycles.